The van der Waals surface area contributed by atoms with Crippen molar-refractivity contribution in [3.8, 4) is 5.75 Å². The van der Waals surface area contributed by atoms with Gasteiger partial charge in [-0.1, -0.05) is 29.8 Å². The Morgan fingerprint density at radius 3 is 2.54 bits per heavy atom. The quantitative estimate of drug-likeness (QED) is 0.590. The molecular formula is C18H21N3O4S. The fourth-order valence-electron chi connectivity index (χ4n) is 2.18. The molecule has 0 aliphatic carbocycles. The first kappa shape index (κ1) is 19.6. The Morgan fingerprint density at radius 1 is 1.23 bits per heavy atom. The van der Waals surface area contributed by atoms with E-state index in [1.54, 1.807) is 12.1 Å². The molecule has 0 aliphatic heterocycles. The van der Waals surface area contributed by atoms with Gasteiger partial charge >= 0.3 is 0 Å². The van der Waals surface area contributed by atoms with Gasteiger partial charge in [0.1, 0.15) is 5.75 Å². The smallest absolute Gasteiger partial charge is 0.255 e. The van der Waals surface area contributed by atoms with Gasteiger partial charge in [-0.05, 0) is 36.8 Å². The van der Waals surface area contributed by atoms with Crippen molar-refractivity contribution in [3.05, 3.63) is 59.7 Å². The zero-order valence-corrected chi connectivity index (χ0v) is 15.7. The number of rotatable bonds is 7. The second-order valence-electron chi connectivity index (χ2n) is 5.64. The van der Waals surface area contributed by atoms with E-state index in [0.717, 1.165) is 15.4 Å². The van der Waals surface area contributed by atoms with Crippen LogP contribution in [0.1, 0.15) is 11.1 Å². The van der Waals surface area contributed by atoms with Crippen LogP contribution in [0.5, 0.6) is 5.75 Å². The Kier molecular flexibility index (Phi) is 6.48. The molecule has 1 amide bonds. The maximum atomic E-state index is 12.5. The Bertz CT molecular complexity index is 893. The Hall–Kier alpha value is -2.71. The summed E-state index contributed by atoms with van der Waals surface area (Å²) in [5.74, 6) is 0.0170. The zero-order chi connectivity index (χ0) is 19.2. The van der Waals surface area contributed by atoms with Crippen LogP contribution in [0.4, 0.5) is 0 Å². The summed E-state index contributed by atoms with van der Waals surface area (Å²) in [7, 11) is -0.943. The fourth-order valence-corrected chi connectivity index (χ4v) is 3.31. The molecule has 0 heterocycles. The minimum Gasteiger partial charge on any atom is -0.497 e. The predicted molar refractivity (Wildman–Crippen MR) is 99.7 cm³/mol. The third-order valence-electron chi connectivity index (χ3n) is 3.58. The first-order valence-electron chi connectivity index (χ1n) is 7.82. The number of aryl methyl sites for hydroxylation is 1. The summed E-state index contributed by atoms with van der Waals surface area (Å²) in [6.45, 7) is 1.61. The van der Waals surface area contributed by atoms with Crippen molar-refractivity contribution in [3.63, 3.8) is 0 Å². The van der Waals surface area contributed by atoms with Crippen molar-refractivity contribution >= 4 is 22.1 Å². The van der Waals surface area contributed by atoms with Gasteiger partial charge in [-0.15, -0.1) is 0 Å². The van der Waals surface area contributed by atoms with E-state index < -0.39 is 15.9 Å². The minimum absolute atomic E-state index is 0.0804. The standard InChI is InChI=1S/C18H21N3O4S/c1-14-5-4-6-15(11-14)12-19-20-18(22)13-21(2)26(23,24)17-9-7-16(25-3)8-10-17/h4-12H,13H2,1-3H3,(H,20,22)/b19-12-. The topological polar surface area (TPSA) is 88.1 Å². The van der Waals surface area contributed by atoms with Gasteiger partial charge in [0.25, 0.3) is 5.91 Å². The highest BCUT2D eigenvalue weighted by atomic mass is 32.2. The lowest BCUT2D eigenvalue weighted by Crippen LogP contribution is -2.36. The minimum atomic E-state index is -3.78. The van der Waals surface area contributed by atoms with Crippen molar-refractivity contribution in [1.82, 2.24) is 9.73 Å². The number of likely N-dealkylation sites (N-methyl/N-ethyl adjacent to an activating group) is 1. The van der Waals surface area contributed by atoms with Crippen LogP contribution in [0, 0.1) is 6.92 Å². The average Bonchev–Trinajstić information content (AvgIpc) is 2.61. The van der Waals surface area contributed by atoms with E-state index >= 15 is 0 Å². The molecule has 0 bridgehead atoms. The number of ether oxygens (including phenoxy) is 1. The van der Waals surface area contributed by atoms with Crippen LogP contribution in [0.3, 0.4) is 0 Å². The number of nitrogens with zero attached hydrogens (tertiary/aromatic N) is 2. The number of amides is 1. The molecule has 2 rings (SSSR count). The van der Waals surface area contributed by atoms with E-state index in [4.69, 9.17) is 4.74 Å². The van der Waals surface area contributed by atoms with Crippen molar-refractivity contribution in [2.75, 3.05) is 20.7 Å². The fraction of sp³-hybridized carbons (Fsp3) is 0.222. The van der Waals surface area contributed by atoms with Gasteiger partial charge in [0.15, 0.2) is 0 Å². The number of hydrogen-bond acceptors (Lipinski definition) is 5. The molecule has 0 atom stereocenters. The number of nitrogens with one attached hydrogen (secondary N) is 1. The predicted octanol–water partition coefficient (Wildman–Crippen LogP) is 1.77. The highest BCUT2D eigenvalue weighted by Gasteiger charge is 2.22. The van der Waals surface area contributed by atoms with E-state index in [1.165, 1.54) is 32.5 Å². The number of hydrogen-bond donors (Lipinski definition) is 1. The van der Waals surface area contributed by atoms with Gasteiger partial charge in [0.2, 0.25) is 10.0 Å². The highest BCUT2D eigenvalue weighted by molar-refractivity contribution is 7.89. The third-order valence-corrected chi connectivity index (χ3v) is 5.40. The van der Waals surface area contributed by atoms with Gasteiger partial charge in [-0.2, -0.15) is 9.41 Å². The number of benzene rings is 2. The van der Waals surface area contributed by atoms with Crippen LogP contribution in [-0.4, -0.2) is 45.5 Å². The molecule has 0 saturated carbocycles. The molecule has 0 saturated heterocycles. The maximum absolute atomic E-state index is 12.5. The third kappa shape index (κ3) is 5.14. The molecule has 0 aliphatic rings. The van der Waals surface area contributed by atoms with Crippen molar-refractivity contribution in [2.45, 2.75) is 11.8 Å². The summed E-state index contributed by atoms with van der Waals surface area (Å²) in [5, 5.41) is 3.85. The number of carbonyl (C=O) groups excluding carboxylic acids is 1. The van der Waals surface area contributed by atoms with Crippen LogP contribution in [0.2, 0.25) is 0 Å². The molecule has 0 fully saturated rings. The summed E-state index contributed by atoms with van der Waals surface area (Å²) in [5.41, 5.74) is 4.24. The molecule has 2 aromatic carbocycles. The largest absolute Gasteiger partial charge is 0.497 e. The van der Waals surface area contributed by atoms with Crippen LogP contribution >= 0.6 is 0 Å². The summed E-state index contributed by atoms with van der Waals surface area (Å²) in [4.78, 5) is 12.0. The molecule has 0 aromatic heterocycles. The Balaban J connectivity index is 1.96. The lowest BCUT2D eigenvalue weighted by molar-refractivity contribution is -0.121. The monoisotopic (exact) mass is 375 g/mol. The molecule has 2 aromatic rings. The second-order valence-corrected chi connectivity index (χ2v) is 7.69. The van der Waals surface area contributed by atoms with Crippen LogP contribution < -0.4 is 10.2 Å². The summed E-state index contributed by atoms with van der Waals surface area (Å²) in [6, 6.07) is 13.6. The van der Waals surface area contributed by atoms with E-state index in [2.05, 4.69) is 10.5 Å². The van der Waals surface area contributed by atoms with Gasteiger partial charge in [-0.3, -0.25) is 4.79 Å². The number of methoxy groups -OCH3 is 1. The lowest BCUT2D eigenvalue weighted by atomic mass is 10.2. The zero-order valence-electron chi connectivity index (χ0n) is 14.8. The highest BCUT2D eigenvalue weighted by Crippen LogP contribution is 2.18. The van der Waals surface area contributed by atoms with E-state index in [0.29, 0.717) is 5.75 Å². The van der Waals surface area contributed by atoms with Gasteiger partial charge in [0, 0.05) is 7.05 Å². The first-order valence-corrected chi connectivity index (χ1v) is 9.26. The van der Waals surface area contributed by atoms with E-state index in [9.17, 15) is 13.2 Å². The summed E-state index contributed by atoms with van der Waals surface area (Å²) < 4.78 is 30.9. The maximum Gasteiger partial charge on any atom is 0.255 e. The second kappa shape index (κ2) is 8.59. The molecule has 7 nitrogen and oxygen atoms in total. The molecule has 0 radical (unpaired) electrons. The van der Waals surface area contributed by atoms with Crippen molar-refractivity contribution < 1.29 is 17.9 Å². The first-order chi connectivity index (χ1) is 12.3. The van der Waals surface area contributed by atoms with Gasteiger partial charge in [-0.25, -0.2) is 13.8 Å². The van der Waals surface area contributed by atoms with Crippen LogP contribution in [0.25, 0.3) is 0 Å². The Morgan fingerprint density at radius 2 is 1.92 bits per heavy atom. The van der Waals surface area contributed by atoms with E-state index in [-0.39, 0.29) is 11.4 Å². The number of carbonyl (C=O) groups is 1. The SMILES string of the molecule is COc1ccc(S(=O)(=O)N(C)CC(=O)N/N=C\c2cccc(C)c2)cc1. The molecule has 138 valence electrons. The van der Waals surface area contributed by atoms with Crippen molar-refractivity contribution in [2.24, 2.45) is 5.10 Å². The molecular weight excluding hydrogens is 354 g/mol. The number of sulfonamides is 1. The lowest BCUT2D eigenvalue weighted by Gasteiger charge is -2.16. The van der Waals surface area contributed by atoms with Gasteiger partial charge < -0.3 is 4.74 Å². The van der Waals surface area contributed by atoms with Crippen LogP contribution in [-0.2, 0) is 14.8 Å². The molecule has 0 spiro atoms. The molecule has 8 heteroatoms. The molecule has 1 N–H and O–H groups in total. The summed E-state index contributed by atoms with van der Waals surface area (Å²) in [6.07, 6.45) is 1.50. The molecule has 26 heavy (non-hydrogen) atoms. The van der Waals surface area contributed by atoms with E-state index in [1.807, 2.05) is 31.2 Å². The number of hydrazone groups is 1. The average molecular weight is 375 g/mol. The van der Waals surface area contributed by atoms with Crippen LogP contribution in [0.15, 0.2) is 58.5 Å². The van der Waals surface area contributed by atoms with Gasteiger partial charge in [0.05, 0.1) is 24.8 Å². The van der Waals surface area contributed by atoms with Crippen molar-refractivity contribution in [1.29, 1.82) is 0 Å². The molecule has 0 unspecified atom stereocenters. The summed E-state index contributed by atoms with van der Waals surface area (Å²) >= 11 is 0. The normalized spacial score (nSPS) is 11.7. The Labute approximate surface area is 153 Å².